The van der Waals surface area contributed by atoms with Crippen molar-refractivity contribution in [2.75, 3.05) is 14.7 Å². The number of hydrogen-bond donors (Lipinski definition) is 0. The summed E-state index contributed by atoms with van der Waals surface area (Å²) in [6.07, 6.45) is 0. The molecule has 0 amide bonds. The first-order valence-electron chi connectivity index (χ1n) is 22.6. The van der Waals surface area contributed by atoms with E-state index >= 15 is 0 Å². The van der Waals surface area contributed by atoms with Gasteiger partial charge in [0.1, 0.15) is 17.0 Å². The van der Waals surface area contributed by atoms with Crippen molar-refractivity contribution >= 4 is 73.3 Å². The minimum Gasteiger partial charge on any atom is -0.455 e. The predicted molar refractivity (Wildman–Crippen MR) is 269 cm³/mol. The molecule has 64 heavy (non-hydrogen) atoms. The van der Waals surface area contributed by atoms with Gasteiger partial charge in [0.25, 0.3) is 0 Å². The molecule has 2 aliphatic rings. The number of fused-ring (bicyclic) bond motifs is 8. The highest BCUT2D eigenvalue weighted by Crippen LogP contribution is 2.66. The van der Waals surface area contributed by atoms with E-state index in [1.807, 2.05) is 6.07 Å². The molecule has 0 N–H and O–H groups in total. The molecule has 2 aromatic heterocycles. The highest BCUT2D eigenvalue weighted by molar-refractivity contribution is 6.22. The van der Waals surface area contributed by atoms with Gasteiger partial charge in [-0.25, -0.2) is 0 Å². The lowest BCUT2D eigenvalue weighted by molar-refractivity contribution is 0.589. The maximum atomic E-state index is 7.61. The van der Waals surface area contributed by atoms with Gasteiger partial charge in [-0.05, 0) is 112 Å². The Balaban J connectivity index is 1.26. The normalized spacial score (nSPS) is 13.7. The van der Waals surface area contributed by atoms with Gasteiger partial charge in [-0.2, -0.15) is 0 Å². The lowest BCUT2D eigenvalue weighted by Gasteiger charge is -2.45. The highest BCUT2D eigenvalue weighted by Gasteiger charge is 2.44. The van der Waals surface area contributed by atoms with E-state index in [0.29, 0.717) is 0 Å². The molecule has 0 radical (unpaired) electrons. The molecule has 0 bridgehead atoms. The molecule has 0 unspecified atom stereocenters. The molecule has 318 valence electrons. The Hall–Kier alpha value is -6.98. The first kappa shape index (κ1) is 39.8. The maximum Gasteiger partial charge on any atom is 0.230 e. The summed E-state index contributed by atoms with van der Waals surface area (Å²) in [4.78, 5) is 7.32. The van der Waals surface area contributed by atoms with Crippen LogP contribution >= 0.6 is 0 Å². The Labute approximate surface area is 377 Å². The number of furan rings is 2. The van der Waals surface area contributed by atoms with Crippen LogP contribution < -0.4 is 14.7 Å². The Kier molecular flexibility index (Phi) is 8.72. The molecule has 4 heterocycles. The second-order valence-electron chi connectivity index (χ2n) is 20.8. The molecule has 2 aliphatic heterocycles. The van der Waals surface area contributed by atoms with Crippen LogP contribution in [0.2, 0.25) is 0 Å². The molecular formula is C59H55N3O2. The van der Waals surface area contributed by atoms with E-state index in [0.717, 1.165) is 95.8 Å². The van der Waals surface area contributed by atoms with E-state index in [1.165, 1.54) is 22.3 Å². The molecule has 0 saturated heterocycles. The van der Waals surface area contributed by atoms with Gasteiger partial charge in [0.2, 0.25) is 5.88 Å². The second-order valence-corrected chi connectivity index (χ2v) is 20.8. The molecule has 9 aromatic rings. The third-order valence-electron chi connectivity index (χ3n) is 13.2. The number of rotatable bonds is 4. The van der Waals surface area contributed by atoms with Crippen LogP contribution in [-0.4, -0.2) is 0 Å². The topological polar surface area (TPSA) is 36.0 Å². The predicted octanol–water partition coefficient (Wildman–Crippen LogP) is 17.8. The third kappa shape index (κ3) is 6.19. The molecule has 0 atom stereocenters. The smallest absolute Gasteiger partial charge is 0.230 e. The molecule has 11 rings (SSSR count). The molecule has 0 aliphatic carbocycles. The van der Waals surface area contributed by atoms with Crippen LogP contribution in [0.1, 0.15) is 84.6 Å². The van der Waals surface area contributed by atoms with Crippen LogP contribution in [-0.2, 0) is 16.2 Å². The Bertz CT molecular complexity index is 3260. The Morgan fingerprint density at radius 2 is 0.953 bits per heavy atom. The summed E-state index contributed by atoms with van der Waals surface area (Å²) in [5.41, 5.74) is 18.3. The summed E-state index contributed by atoms with van der Waals surface area (Å²) < 4.78 is 14.5. The van der Waals surface area contributed by atoms with Crippen molar-refractivity contribution in [3.8, 4) is 22.5 Å². The van der Waals surface area contributed by atoms with Crippen LogP contribution in [0.25, 0.3) is 44.4 Å². The summed E-state index contributed by atoms with van der Waals surface area (Å²) in [6, 6.07) is 55.3. The van der Waals surface area contributed by atoms with Crippen molar-refractivity contribution in [2.24, 2.45) is 0 Å². The van der Waals surface area contributed by atoms with Gasteiger partial charge in [-0.15, -0.1) is 0 Å². The lowest BCUT2D eigenvalue weighted by Crippen LogP contribution is -2.30. The molecule has 0 saturated carbocycles. The molecule has 5 heteroatoms. The van der Waals surface area contributed by atoms with Gasteiger partial charge in [0.05, 0.1) is 33.8 Å². The maximum absolute atomic E-state index is 7.61. The van der Waals surface area contributed by atoms with Crippen LogP contribution in [0, 0.1) is 6.92 Å². The number of nitrogens with zero attached hydrogens (tertiary/aromatic N) is 3. The summed E-state index contributed by atoms with van der Waals surface area (Å²) in [6.45, 7) is 22.7. The van der Waals surface area contributed by atoms with E-state index in [4.69, 9.17) is 8.83 Å². The van der Waals surface area contributed by atoms with E-state index < -0.39 is 0 Å². The SMILES string of the molecule is Cc1cc2c3c(c1)N(c1ccc(C(C)(C)C)cc1)c1c(oc4c1ccc1oc(-c5ccccc5)c(-c5ccccc5)c14)N3c1cc(C(C)(C)C)ccc1N2c1ccc(C(C)(C)C)cc1. The number of aryl methyl sites for hydroxylation is 1. The van der Waals surface area contributed by atoms with E-state index in [2.05, 4.69) is 230 Å². The van der Waals surface area contributed by atoms with Crippen molar-refractivity contribution < 1.29 is 8.83 Å². The monoisotopic (exact) mass is 837 g/mol. The van der Waals surface area contributed by atoms with Crippen molar-refractivity contribution in [3.05, 3.63) is 174 Å². The number of hydrogen-bond acceptors (Lipinski definition) is 5. The van der Waals surface area contributed by atoms with Gasteiger partial charge in [0, 0.05) is 27.9 Å². The summed E-state index contributed by atoms with van der Waals surface area (Å²) in [5, 5.41) is 1.98. The van der Waals surface area contributed by atoms with Crippen molar-refractivity contribution in [3.63, 3.8) is 0 Å². The van der Waals surface area contributed by atoms with Gasteiger partial charge in [-0.1, -0.05) is 153 Å². The fourth-order valence-electron chi connectivity index (χ4n) is 9.77. The van der Waals surface area contributed by atoms with Crippen LogP contribution in [0.4, 0.5) is 51.4 Å². The molecule has 0 fully saturated rings. The van der Waals surface area contributed by atoms with E-state index in [1.54, 1.807) is 0 Å². The second kappa shape index (κ2) is 14.0. The first-order chi connectivity index (χ1) is 30.6. The quantitative estimate of drug-likeness (QED) is 0.176. The third-order valence-corrected chi connectivity index (χ3v) is 13.2. The molecule has 7 aromatic carbocycles. The fourth-order valence-corrected chi connectivity index (χ4v) is 9.77. The molecule has 0 spiro atoms. The zero-order chi connectivity index (χ0) is 44.4. The van der Waals surface area contributed by atoms with E-state index in [9.17, 15) is 0 Å². The van der Waals surface area contributed by atoms with Crippen molar-refractivity contribution in [1.29, 1.82) is 0 Å². The summed E-state index contributed by atoms with van der Waals surface area (Å²) in [5.74, 6) is 1.60. The Morgan fingerprint density at radius 3 is 1.53 bits per heavy atom. The number of anilines is 9. The zero-order valence-corrected chi connectivity index (χ0v) is 38.6. The zero-order valence-electron chi connectivity index (χ0n) is 38.6. The molecule has 5 nitrogen and oxygen atoms in total. The van der Waals surface area contributed by atoms with Crippen LogP contribution in [0.3, 0.4) is 0 Å². The molecular weight excluding hydrogens is 783 g/mol. The fraction of sp³-hybridized carbons (Fsp3) is 0.220. The van der Waals surface area contributed by atoms with Gasteiger partial charge in [-0.3, -0.25) is 4.90 Å². The average Bonchev–Trinajstić information content (AvgIpc) is 3.85. The minimum absolute atomic E-state index is 0.00191. The average molecular weight is 838 g/mol. The first-order valence-corrected chi connectivity index (χ1v) is 22.6. The van der Waals surface area contributed by atoms with E-state index in [-0.39, 0.29) is 16.2 Å². The lowest BCUT2D eigenvalue weighted by atomic mass is 9.85. The highest BCUT2D eigenvalue weighted by atomic mass is 16.4. The largest absolute Gasteiger partial charge is 0.455 e. The summed E-state index contributed by atoms with van der Waals surface area (Å²) in [7, 11) is 0. The number of benzene rings is 7. The van der Waals surface area contributed by atoms with Gasteiger partial charge < -0.3 is 18.6 Å². The van der Waals surface area contributed by atoms with Gasteiger partial charge in [0.15, 0.2) is 5.58 Å². The van der Waals surface area contributed by atoms with Crippen molar-refractivity contribution in [2.45, 2.75) is 85.5 Å². The van der Waals surface area contributed by atoms with Crippen molar-refractivity contribution in [1.82, 2.24) is 0 Å². The van der Waals surface area contributed by atoms with Crippen LogP contribution in [0.5, 0.6) is 0 Å². The summed E-state index contributed by atoms with van der Waals surface area (Å²) >= 11 is 0. The Morgan fingerprint density at radius 1 is 0.422 bits per heavy atom. The standard InChI is InChI=1S/C59H55N3O2/c1-36-33-47-53-48(34-36)61(43-28-23-40(24-29-43)58(5,6)7)52-44-30-32-49-51(50(37-17-13-11-14-18-37)54(63-49)38-19-15-12-16-20-38)55(44)64-56(52)62(53)46-35-41(59(8,9)10)25-31-45(46)60(47)42-26-21-39(22-27-42)57(2,3)4/h11-35H,1-10H3. The van der Waals surface area contributed by atoms with Gasteiger partial charge >= 0.3 is 0 Å². The minimum atomic E-state index is -0.0979. The van der Waals surface area contributed by atoms with Crippen LogP contribution in [0.15, 0.2) is 160 Å².